The van der Waals surface area contributed by atoms with Crippen molar-refractivity contribution in [3.8, 4) is 0 Å². The second-order valence-corrected chi connectivity index (χ2v) is 4.62. The zero-order valence-corrected chi connectivity index (χ0v) is 12.7. The molecule has 0 aromatic heterocycles. The van der Waals surface area contributed by atoms with Crippen LogP contribution in [0.2, 0.25) is 0 Å². The number of aliphatic hydroxyl groups excluding tert-OH is 1. The van der Waals surface area contributed by atoms with Crippen molar-refractivity contribution >= 4 is 0 Å². The normalized spacial score (nSPS) is 9.65. The van der Waals surface area contributed by atoms with Crippen molar-refractivity contribution in [1.29, 1.82) is 0 Å². The molecule has 0 radical (unpaired) electrons. The van der Waals surface area contributed by atoms with E-state index in [1.807, 2.05) is 27.7 Å². The van der Waals surface area contributed by atoms with Crippen molar-refractivity contribution < 1.29 is 5.11 Å². The molecule has 1 aromatic carbocycles. The van der Waals surface area contributed by atoms with Crippen molar-refractivity contribution in [2.24, 2.45) is 0 Å². The lowest BCUT2D eigenvalue weighted by Gasteiger charge is -2.22. The summed E-state index contributed by atoms with van der Waals surface area (Å²) in [7, 11) is 0. The van der Waals surface area contributed by atoms with Crippen molar-refractivity contribution in [3.63, 3.8) is 0 Å². The molecule has 1 heteroatoms. The molecule has 0 spiro atoms. The maximum atomic E-state index is 9.12. The summed E-state index contributed by atoms with van der Waals surface area (Å²) in [4.78, 5) is 0. The second-order valence-electron chi connectivity index (χ2n) is 4.62. The Morgan fingerprint density at radius 3 is 1.65 bits per heavy atom. The first-order valence-electron chi connectivity index (χ1n) is 6.66. The summed E-state index contributed by atoms with van der Waals surface area (Å²) < 4.78 is 0. The van der Waals surface area contributed by atoms with E-state index >= 15 is 0 Å². The van der Waals surface area contributed by atoms with Crippen LogP contribution in [0, 0.1) is 6.92 Å². The van der Waals surface area contributed by atoms with E-state index in [1.165, 1.54) is 17.5 Å². The molecule has 0 aliphatic rings. The molecular formula is C16H30O. The Morgan fingerprint density at radius 1 is 1.00 bits per heavy atom. The van der Waals surface area contributed by atoms with Gasteiger partial charge in [-0.05, 0) is 12.5 Å². The fourth-order valence-electron chi connectivity index (χ4n) is 1.10. The summed E-state index contributed by atoms with van der Waals surface area (Å²) in [6.45, 7) is 14.6. The number of rotatable bonds is 2. The summed E-state index contributed by atoms with van der Waals surface area (Å²) in [5, 5.41) is 9.12. The molecule has 1 rings (SSSR count). The van der Waals surface area contributed by atoms with Gasteiger partial charge in [0.25, 0.3) is 0 Å². The molecule has 1 aromatic rings. The van der Waals surface area contributed by atoms with E-state index in [4.69, 9.17) is 5.11 Å². The third-order valence-corrected chi connectivity index (χ3v) is 2.23. The predicted molar refractivity (Wildman–Crippen MR) is 78.6 cm³/mol. The SMILES string of the molecule is CC.CCC.Cc1ccc(C(C)(C)CO)cc1. The smallest absolute Gasteiger partial charge is 0.0522 e. The average molecular weight is 238 g/mol. The Labute approximate surface area is 108 Å². The lowest BCUT2D eigenvalue weighted by Crippen LogP contribution is -2.21. The van der Waals surface area contributed by atoms with Crippen LogP contribution in [0.1, 0.15) is 59.1 Å². The van der Waals surface area contributed by atoms with Gasteiger partial charge in [-0.15, -0.1) is 0 Å². The van der Waals surface area contributed by atoms with Crippen LogP contribution in [0.25, 0.3) is 0 Å². The van der Waals surface area contributed by atoms with Gasteiger partial charge >= 0.3 is 0 Å². The molecule has 0 saturated heterocycles. The molecule has 0 unspecified atom stereocenters. The number of hydrogen-bond donors (Lipinski definition) is 1. The van der Waals surface area contributed by atoms with Crippen LogP contribution in [0.3, 0.4) is 0 Å². The molecule has 0 bridgehead atoms. The highest BCUT2D eigenvalue weighted by molar-refractivity contribution is 5.27. The number of aliphatic hydroxyl groups is 1. The van der Waals surface area contributed by atoms with Crippen LogP contribution in [-0.2, 0) is 5.41 Å². The number of benzene rings is 1. The Balaban J connectivity index is 0. The van der Waals surface area contributed by atoms with Gasteiger partial charge in [0.15, 0.2) is 0 Å². The van der Waals surface area contributed by atoms with Crippen molar-refractivity contribution in [1.82, 2.24) is 0 Å². The summed E-state index contributed by atoms with van der Waals surface area (Å²) in [5.74, 6) is 0. The lowest BCUT2D eigenvalue weighted by molar-refractivity contribution is 0.218. The highest BCUT2D eigenvalue weighted by Gasteiger charge is 2.18. The molecule has 0 amide bonds. The Hall–Kier alpha value is -0.820. The minimum atomic E-state index is -0.117. The molecule has 1 nitrogen and oxygen atoms in total. The average Bonchev–Trinajstić information content (AvgIpc) is 2.33. The van der Waals surface area contributed by atoms with Gasteiger partial charge in [0.1, 0.15) is 0 Å². The topological polar surface area (TPSA) is 20.2 Å². The molecule has 1 N–H and O–H groups in total. The zero-order chi connectivity index (χ0) is 13.9. The first-order valence-corrected chi connectivity index (χ1v) is 6.66. The minimum absolute atomic E-state index is 0.117. The number of hydrogen-bond acceptors (Lipinski definition) is 1. The van der Waals surface area contributed by atoms with Gasteiger partial charge in [-0.1, -0.05) is 77.8 Å². The fourth-order valence-corrected chi connectivity index (χ4v) is 1.10. The first kappa shape index (κ1) is 18.5. The maximum absolute atomic E-state index is 9.12. The Bertz CT molecular complexity index is 259. The molecule has 0 atom stereocenters. The zero-order valence-electron chi connectivity index (χ0n) is 12.7. The molecule has 0 aliphatic heterocycles. The van der Waals surface area contributed by atoms with E-state index in [0.29, 0.717) is 0 Å². The summed E-state index contributed by atoms with van der Waals surface area (Å²) >= 11 is 0. The quantitative estimate of drug-likeness (QED) is 0.791. The van der Waals surface area contributed by atoms with Crippen LogP contribution in [0.4, 0.5) is 0 Å². The predicted octanol–water partition coefficient (Wildman–Crippen LogP) is 4.71. The highest BCUT2D eigenvalue weighted by Crippen LogP contribution is 2.22. The van der Waals surface area contributed by atoms with E-state index in [-0.39, 0.29) is 12.0 Å². The largest absolute Gasteiger partial charge is 0.395 e. The molecule has 0 heterocycles. The minimum Gasteiger partial charge on any atom is -0.395 e. The maximum Gasteiger partial charge on any atom is 0.0522 e. The van der Waals surface area contributed by atoms with Gasteiger partial charge in [-0.3, -0.25) is 0 Å². The standard InChI is InChI=1S/C11H16O.C3H8.C2H6/c1-9-4-6-10(7-5-9)11(2,3)8-12;1-3-2;1-2/h4-7,12H,8H2,1-3H3;3H2,1-2H3;1-2H3. The molecular weight excluding hydrogens is 208 g/mol. The van der Waals surface area contributed by atoms with E-state index < -0.39 is 0 Å². The third-order valence-electron chi connectivity index (χ3n) is 2.23. The van der Waals surface area contributed by atoms with Crippen molar-refractivity contribution in [3.05, 3.63) is 35.4 Å². The molecule has 0 fully saturated rings. The van der Waals surface area contributed by atoms with Crippen LogP contribution in [-0.4, -0.2) is 11.7 Å². The lowest BCUT2D eigenvalue weighted by atomic mass is 9.85. The Kier molecular flexibility index (Phi) is 11.3. The van der Waals surface area contributed by atoms with Crippen LogP contribution in [0.15, 0.2) is 24.3 Å². The molecule has 17 heavy (non-hydrogen) atoms. The van der Waals surface area contributed by atoms with Crippen LogP contribution < -0.4 is 0 Å². The van der Waals surface area contributed by atoms with E-state index in [0.717, 1.165) is 0 Å². The first-order chi connectivity index (χ1) is 7.97. The van der Waals surface area contributed by atoms with Crippen molar-refractivity contribution in [2.45, 2.75) is 60.3 Å². The Morgan fingerprint density at radius 2 is 1.35 bits per heavy atom. The second kappa shape index (κ2) is 10.3. The van der Waals surface area contributed by atoms with Gasteiger partial charge in [0, 0.05) is 5.41 Å². The molecule has 0 saturated carbocycles. The van der Waals surface area contributed by atoms with Gasteiger partial charge in [-0.2, -0.15) is 0 Å². The monoisotopic (exact) mass is 238 g/mol. The summed E-state index contributed by atoms with van der Waals surface area (Å²) in [6, 6.07) is 8.30. The molecule has 100 valence electrons. The highest BCUT2D eigenvalue weighted by atomic mass is 16.3. The molecule has 0 aliphatic carbocycles. The van der Waals surface area contributed by atoms with Gasteiger partial charge in [-0.25, -0.2) is 0 Å². The van der Waals surface area contributed by atoms with Crippen LogP contribution >= 0.6 is 0 Å². The van der Waals surface area contributed by atoms with Gasteiger partial charge in [0.05, 0.1) is 6.61 Å². The van der Waals surface area contributed by atoms with Crippen LogP contribution in [0.5, 0.6) is 0 Å². The number of aryl methyl sites for hydroxylation is 1. The van der Waals surface area contributed by atoms with E-state index in [9.17, 15) is 0 Å². The summed E-state index contributed by atoms with van der Waals surface area (Å²) in [6.07, 6.45) is 1.25. The van der Waals surface area contributed by atoms with E-state index in [1.54, 1.807) is 0 Å². The summed E-state index contributed by atoms with van der Waals surface area (Å²) in [5.41, 5.74) is 2.33. The van der Waals surface area contributed by atoms with E-state index in [2.05, 4.69) is 45.0 Å². The van der Waals surface area contributed by atoms with Gasteiger partial charge in [0.2, 0.25) is 0 Å². The third kappa shape index (κ3) is 7.98. The van der Waals surface area contributed by atoms with Gasteiger partial charge < -0.3 is 5.11 Å². The van der Waals surface area contributed by atoms with Crippen molar-refractivity contribution in [2.75, 3.05) is 6.61 Å². The fraction of sp³-hybridized carbons (Fsp3) is 0.625.